The molecule has 9 heteroatoms. The molecule has 3 aromatic carbocycles. The molecule has 3 atom stereocenters. The summed E-state index contributed by atoms with van der Waals surface area (Å²) in [6.45, 7) is 8.58. The van der Waals surface area contributed by atoms with Crippen molar-refractivity contribution in [1.82, 2.24) is 20.4 Å². The highest BCUT2D eigenvalue weighted by Crippen LogP contribution is 2.29. The van der Waals surface area contributed by atoms with Gasteiger partial charge in [-0.05, 0) is 73.2 Å². The van der Waals surface area contributed by atoms with Crippen molar-refractivity contribution in [2.45, 2.75) is 65.2 Å². The summed E-state index contributed by atoms with van der Waals surface area (Å²) in [6, 6.07) is 22.2. The topological polar surface area (TPSA) is 119 Å². The van der Waals surface area contributed by atoms with Gasteiger partial charge >= 0.3 is 5.97 Å². The Morgan fingerprint density at radius 3 is 2.11 bits per heavy atom. The summed E-state index contributed by atoms with van der Waals surface area (Å²) in [6.07, 6.45) is 1.16. The van der Waals surface area contributed by atoms with E-state index in [1.807, 2.05) is 74.2 Å². The van der Waals surface area contributed by atoms with Gasteiger partial charge in [-0.25, -0.2) is 4.79 Å². The van der Waals surface area contributed by atoms with Crippen LogP contribution in [-0.4, -0.2) is 76.9 Å². The maximum Gasteiger partial charge on any atom is 0.335 e. The summed E-state index contributed by atoms with van der Waals surface area (Å²) >= 11 is 0. The Hall–Kier alpha value is -4.50. The van der Waals surface area contributed by atoms with Gasteiger partial charge in [-0.1, -0.05) is 75.4 Å². The van der Waals surface area contributed by atoms with E-state index < -0.39 is 23.5 Å². The van der Waals surface area contributed by atoms with E-state index in [0.29, 0.717) is 31.5 Å². The number of nitrogens with one attached hydrogen (secondary N) is 2. The van der Waals surface area contributed by atoms with Gasteiger partial charge in [0.05, 0.1) is 17.6 Å². The van der Waals surface area contributed by atoms with Crippen LogP contribution in [0.4, 0.5) is 0 Å². The lowest BCUT2D eigenvalue weighted by Crippen LogP contribution is -2.61. The van der Waals surface area contributed by atoms with E-state index in [9.17, 15) is 24.3 Å². The second-order valence-corrected chi connectivity index (χ2v) is 12.8. The highest BCUT2D eigenvalue weighted by atomic mass is 16.4. The van der Waals surface area contributed by atoms with Gasteiger partial charge in [-0.15, -0.1) is 0 Å². The molecule has 3 N–H and O–H groups in total. The lowest BCUT2D eigenvalue weighted by molar-refractivity contribution is -0.143. The number of hydrogen-bond donors (Lipinski definition) is 3. The van der Waals surface area contributed by atoms with Crippen LogP contribution in [0.15, 0.2) is 78.9 Å². The fraction of sp³-hybridized carbons (Fsp3) is 0.389. The van der Waals surface area contributed by atoms with Gasteiger partial charge in [0.25, 0.3) is 5.91 Å². The van der Waals surface area contributed by atoms with Gasteiger partial charge < -0.3 is 25.5 Å². The Morgan fingerprint density at radius 2 is 1.51 bits per heavy atom. The number of rotatable bonds is 11. The third kappa shape index (κ3) is 8.36. The molecular formula is C36H44N4O5. The van der Waals surface area contributed by atoms with Gasteiger partial charge in [-0.3, -0.25) is 14.4 Å². The number of nitrogens with zero attached hydrogens (tertiary/aromatic N) is 2. The minimum Gasteiger partial charge on any atom is -0.478 e. The number of carbonyl (C=O) groups excluding carboxylic acids is 3. The highest BCUT2D eigenvalue weighted by molar-refractivity contribution is 5.96. The normalized spacial score (nSPS) is 15.8. The Bertz CT molecular complexity index is 1500. The van der Waals surface area contributed by atoms with Crippen molar-refractivity contribution in [1.29, 1.82) is 0 Å². The van der Waals surface area contributed by atoms with E-state index in [1.54, 1.807) is 18.9 Å². The molecule has 3 amide bonds. The van der Waals surface area contributed by atoms with Crippen molar-refractivity contribution in [3.63, 3.8) is 0 Å². The zero-order chi connectivity index (χ0) is 32.7. The molecule has 1 aliphatic rings. The maximum absolute atomic E-state index is 14.4. The molecule has 0 saturated heterocycles. The van der Waals surface area contributed by atoms with Gasteiger partial charge in [0, 0.05) is 25.2 Å². The summed E-state index contributed by atoms with van der Waals surface area (Å²) in [5.74, 6) is -1.75. The second-order valence-electron chi connectivity index (χ2n) is 12.8. The van der Waals surface area contributed by atoms with Crippen molar-refractivity contribution < 1.29 is 24.3 Å². The Labute approximate surface area is 265 Å². The number of fused-ring (bicyclic) bond motifs is 1. The lowest BCUT2D eigenvalue weighted by atomic mass is 9.84. The first-order chi connectivity index (χ1) is 21.4. The minimum absolute atomic E-state index is 0.103. The Morgan fingerprint density at radius 1 is 0.911 bits per heavy atom. The molecule has 0 radical (unpaired) electrons. The van der Waals surface area contributed by atoms with E-state index in [2.05, 4.69) is 16.7 Å². The molecule has 9 nitrogen and oxygen atoms in total. The number of hydrogen-bond acceptors (Lipinski definition) is 5. The molecule has 0 aromatic heterocycles. The number of amides is 3. The number of benzene rings is 3. The van der Waals surface area contributed by atoms with E-state index in [-0.39, 0.29) is 35.9 Å². The monoisotopic (exact) mass is 612 g/mol. The van der Waals surface area contributed by atoms with Gasteiger partial charge in [0.2, 0.25) is 11.8 Å². The van der Waals surface area contributed by atoms with Crippen LogP contribution < -0.4 is 10.6 Å². The Balaban J connectivity index is 1.68. The van der Waals surface area contributed by atoms with Crippen LogP contribution in [0.2, 0.25) is 0 Å². The van der Waals surface area contributed by atoms with E-state index in [1.165, 1.54) is 24.3 Å². The summed E-state index contributed by atoms with van der Waals surface area (Å²) in [5, 5.41) is 15.3. The molecule has 1 aliphatic heterocycles. The maximum atomic E-state index is 14.4. The first kappa shape index (κ1) is 33.4. The molecule has 1 heterocycles. The summed E-state index contributed by atoms with van der Waals surface area (Å²) in [4.78, 5) is 56.4. The van der Waals surface area contributed by atoms with Crippen molar-refractivity contribution >= 4 is 23.7 Å². The van der Waals surface area contributed by atoms with E-state index >= 15 is 0 Å². The SMILES string of the molecule is CN[C@@H](C)C(=O)N[C@H](C(=O)N1Cc2ccccc2C[C@H]1CN(CCc1ccccc1)C(=O)c1ccc(C(=O)O)cc1)C(C)(C)C. The van der Waals surface area contributed by atoms with Crippen molar-refractivity contribution in [3.05, 3.63) is 107 Å². The van der Waals surface area contributed by atoms with Crippen LogP contribution in [0, 0.1) is 5.41 Å². The van der Waals surface area contributed by atoms with Crippen LogP contribution in [0.1, 0.15) is 65.1 Å². The molecule has 0 bridgehead atoms. The fourth-order valence-electron chi connectivity index (χ4n) is 5.60. The number of carboxylic acid groups (broad SMARTS) is 1. The standard InChI is InChI=1S/C36H44N4O5/c1-24(37-5)32(41)38-31(36(2,3)4)34(43)40-22-29-14-10-9-13-28(29)21-30(40)23-39(20-19-25-11-7-6-8-12-25)33(42)26-15-17-27(18-16-26)35(44)45/h6-18,24,30-31,37H,19-23H2,1-5H3,(H,38,41)(H,44,45)/t24-,30-,31+/m0/s1. The molecule has 0 aliphatic carbocycles. The van der Waals surface area contributed by atoms with Gasteiger partial charge in [0.15, 0.2) is 0 Å². The largest absolute Gasteiger partial charge is 0.478 e. The van der Waals surface area contributed by atoms with Gasteiger partial charge in [-0.2, -0.15) is 0 Å². The average molecular weight is 613 g/mol. The molecule has 4 rings (SSSR count). The summed E-state index contributed by atoms with van der Waals surface area (Å²) < 4.78 is 0. The molecular weight excluding hydrogens is 568 g/mol. The van der Waals surface area contributed by atoms with E-state index in [4.69, 9.17) is 0 Å². The van der Waals surface area contributed by atoms with Crippen LogP contribution >= 0.6 is 0 Å². The predicted molar refractivity (Wildman–Crippen MR) is 174 cm³/mol. The number of carbonyl (C=O) groups is 4. The summed E-state index contributed by atoms with van der Waals surface area (Å²) in [7, 11) is 1.70. The number of likely N-dealkylation sites (N-methyl/N-ethyl adjacent to an activating group) is 1. The quantitative estimate of drug-likeness (QED) is 0.299. The van der Waals surface area contributed by atoms with Crippen LogP contribution in [0.25, 0.3) is 0 Å². The first-order valence-electron chi connectivity index (χ1n) is 15.4. The molecule has 0 unspecified atom stereocenters. The minimum atomic E-state index is -1.06. The average Bonchev–Trinajstić information content (AvgIpc) is 3.03. The van der Waals surface area contributed by atoms with Crippen LogP contribution in [0.3, 0.4) is 0 Å². The molecule has 45 heavy (non-hydrogen) atoms. The zero-order valence-corrected chi connectivity index (χ0v) is 26.7. The Kier molecular flexibility index (Phi) is 10.8. The fourth-order valence-corrected chi connectivity index (χ4v) is 5.60. The molecule has 0 fully saturated rings. The molecule has 3 aromatic rings. The van der Waals surface area contributed by atoms with Crippen molar-refractivity contribution in [2.75, 3.05) is 20.1 Å². The van der Waals surface area contributed by atoms with Crippen LogP contribution in [-0.2, 0) is 29.0 Å². The molecule has 238 valence electrons. The van der Waals surface area contributed by atoms with E-state index in [0.717, 1.165) is 16.7 Å². The smallest absolute Gasteiger partial charge is 0.335 e. The number of carboxylic acids is 1. The van der Waals surface area contributed by atoms with Gasteiger partial charge in [0.1, 0.15) is 6.04 Å². The first-order valence-corrected chi connectivity index (χ1v) is 15.4. The predicted octanol–water partition coefficient (Wildman–Crippen LogP) is 4.16. The number of aromatic carboxylic acids is 1. The van der Waals surface area contributed by atoms with Crippen LogP contribution in [0.5, 0.6) is 0 Å². The molecule has 0 saturated carbocycles. The zero-order valence-electron chi connectivity index (χ0n) is 26.7. The lowest BCUT2D eigenvalue weighted by Gasteiger charge is -2.43. The third-order valence-corrected chi connectivity index (χ3v) is 8.47. The second kappa shape index (κ2) is 14.5. The highest BCUT2D eigenvalue weighted by Gasteiger charge is 2.41. The third-order valence-electron chi connectivity index (χ3n) is 8.47. The van der Waals surface area contributed by atoms with Crippen molar-refractivity contribution in [2.24, 2.45) is 5.41 Å². The molecule has 0 spiro atoms. The van der Waals surface area contributed by atoms with Crippen molar-refractivity contribution in [3.8, 4) is 0 Å². The summed E-state index contributed by atoms with van der Waals surface area (Å²) in [5.41, 5.74) is 3.14.